The van der Waals surface area contributed by atoms with Crippen LogP contribution in [0.5, 0.6) is 0 Å². The van der Waals surface area contributed by atoms with Crippen molar-refractivity contribution < 1.29 is 18.0 Å². The molecular formula is C14H10F3N3OS. The number of anilines is 1. The zero-order chi connectivity index (χ0) is 16.7. The van der Waals surface area contributed by atoms with Crippen LogP contribution in [0.3, 0.4) is 0 Å². The van der Waals surface area contributed by atoms with Gasteiger partial charge < -0.3 is 0 Å². The number of amidine groups is 1. The number of carbonyl (C=O) groups excluding carboxylic acids is 1. The monoisotopic (exact) mass is 325 g/mol. The molecule has 0 aromatic heterocycles. The average molecular weight is 325 g/mol. The molecule has 0 bridgehead atoms. The van der Waals surface area contributed by atoms with Crippen molar-refractivity contribution in [3.8, 4) is 6.07 Å². The van der Waals surface area contributed by atoms with Gasteiger partial charge in [0.1, 0.15) is 10.5 Å². The van der Waals surface area contributed by atoms with Crippen LogP contribution in [0.1, 0.15) is 25.0 Å². The highest BCUT2D eigenvalue weighted by Crippen LogP contribution is 2.36. The minimum absolute atomic E-state index is 0.0488. The normalized spacial score (nSPS) is 17.2. The maximum Gasteiger partial charge on any atom is 0.417 e. The Labute approximate surface area is 129 Å². The summed E-state index contributed by atoms with van der Waals surface area (Å²) in [6, 6.07) is 4.65. The number of carbonyl (C=O) groups is 1. The lowest BCUT2D eigenvalue weighted by atomic mass is 10.0. The second kappa shape index (κ2) is 5.18. The highest BCUT2D eigenvalue weighted by atomic mass is 32.1. The number of nitriles is 1. The lowest BCUT2D eigenvalue weighted by Crippen LogP contribution is -2.38. The molecule has 8 heteroatoms. The van der Waals surface area contributed by atoms with Crippen LogP contribution in [0.2, 0.25) is 0 Å². The molecule has 0 unspecified atom stereocenters. The molecule has 1 aromatic rings. The van der Waals surface area contributed by atoms with Crippen LogP contribution >= 0.6 is 12.2 Å². The van der Waals surface area contributed by atoms with Gasteiger partial charge in [0.05, 0.1) is 17.2 Å². The zero-order valence-corrected chi connectivity index (χ0v) is 12.4. The van der Waals surface area contributed by atoms with Gasteiger partial charge in [-0.2, -0.15) is 18.4 Å². The van der Waals surface area contributed by atoms with Gasteiger partial charge in [0.2, 0.25) is 0 Å². The number of aliphatic imine (C=N–C) groups is 1. The van der Waals surface area contributed by atoms with Gasteiger partial charge in [-0.25, -0.2) is 0 Å². The number of nitrogens with zero attached hydrogens (tertiary/aromatic N) is 3. The van der Waals surface area contributed by atoms with Crippen LogP contribution in [0.15, 0.2) is 23.2 Å². The number of halogens is 3. The second-order valence-corrected chi connectivity index (χ2v) is 5.51. The summed E-state index contributed by atoms with van der Waals surface area (Å²) in [7, 11) is 0. The molecule has 1 aromatic carbocycles. The standard InChI is InChI=1S/C14H10F3N3OS/c1-13(2)12(22)20(11(7-21)19-13)9-4-3-8(6-18)10(5-9)14(15,16)17/h3-5,7H,1-2H3. The minimum Gasteiger partial charge on any atom is -0.294 e. The van der Waals surface area contributed by atoms with Crippen LogP contribution < -0.4 is 4.90 Å². The Hall–Kier alpha value is -2.27. The Morgan fingerprint density at radius 2 is 2.05 bits per heavy atom. The molecule has 0 N–H and O–H groups in total. The quantitative estimate of drug-likeness (QED) is 0.619. The molecule has 0 fully saturated rings. The average Bonchev–Trinajstić information content (AvgIpc) is 2.67. The number of hydrogen-bond acceptors (Lipinski definition) is 4. The van der Waals surface area contributed by atoms with Gasteiger partial charge in [-0.1, -0.05) is 12.2 Å². The van der Waals surface area contributed by atoms with Crippen molar-refractivity contribution in [2.75, 3.05) is 4.90 Å². The molecule has 0 amide bonds. The second-order valence-electron chi connectivity index (χ2n) is 5.13. The highest BCUT2D eigenvalue weighted by molar-refractivity contribution is 7.81. The summed E-state index contributed by atoms with van der Waals surface area (Å²) in [6.45, 7) is 3.32. The molecular weight excluding hydrogens is 315 g/mol. The van der Waals surface area contributed by atoms with E-state index in [1.54, 1.807) is 13.8 Å². The number of alkyl halides is 3. The number of thiocarbonyl (C=S) groups is 1. The van der Waals surface area contributed by atoms with E-state index in [2.05, 4.69) is 4.99 Å². The van der Waals surface area contributed by atoms with E-state index in [9.17, 15) is 18.0 Å². The third-order valence-electron chi connectivity index (χ3n) is 3.14. The van der Waals surface area contributed by atoms with Gasteiger partial charge in [0.25, 0.3) is 0 Å². The fourth-order valence-electron chi connectivity index (χ4n) is 2.09. The van der Waals surface area contributed by atoms with E-state index in [1.165, 1.54) is 17.0 Å². The molecule has 2 rings (SSSR count). The van der Waals surface area contributed by atoms with Gasteiger partial charge in [-0.3, -0.25) is 14.7 Å². The summed E-state index contributed by atoms with van der Waals surface area (Å²) in [5, 5.41) is 8.80. The SMILES string of the molecule is CC1(C)N=C(C=O)N(c2ccc(C#N)c(C(F)(F)F)c2)C1=S. The van der Waals surface area contributed by atoms with Gasteiger partial charge in [-0.05, 0) is 32.0 Å². The fourth-order valence-corrected chi connectivity index (χ4v) is 2.34. The molecule has 4 nitrogen and oxygen atoms in total. The third-order valence-corrected chi connectivity index (χ3v) is 3.82. The Morgan fingerprint density at radius 3 is 2.55 bits per heavy atom. The summed E-state index contributed by atoms with van der Waals surface area (Å²) >= 11 is 5.21. The lowest BCUT2D eigenvalue weighted by molar-refractivity contribution is -0.137. The molecule has 22 heavy (non-hydrogen) atoms. The molecule has 1 aliphatic rings. The minimum atomic E-state index is -4.68. The first-order valence-electron chi connectivity index (χ1n) is 6.13. The topological polar surface area (TPSA) is 56.5 Å². The van der Waals surface area contributed by atoms with E-state index in [-0.39, 0.29) is 16.5 Å². The van der Waals surface area contributed by atoms with Crippen molar-refractivity contribution in [2.45, 2.75) is 25.6 Å². The van der Waals surface area contributed by atoms with E-state index in [1.807, 2.05) is 0 Å². The van der Waals surface area contributed by atoms with Crippen LogP contribution in [-0.2, 0) is 11.0 Å². The molecule has 0 spiro atoms. The van der Waals surface area contributed by atoms with Crippen LogP contribution in [0.25, 0.3) is 0 Å². The smallest absolute Gasteiger partial charge is 0.294 e. The molecule has 0 aliphatic carbocycles. The van der Waals surface area contributed by atoms with Crippen LogP contribution in [0.4, 0.5) is 18.9 Å². The largest absolute Gasteiger partial charge is 0.417 e. The van der Waals surface area contributed by atoms with Gasteiger partial charge in [-0.15, -0.1) is 0 Å². The van der Waals surface area contributed by atoms with Crippen LogP contribution in [-0.4, -0.2) is 22.6 Å². The van der Waals surface area contributed by atoms with Crippen molar-refractivity contribution in [1.82, 2.24) is 0 Å². The summed E-state index contributed by atoms with van der Waals surface area (Å²) < 4.78 is 39.1. The Morgan fingerprint density at radius 1 is 1.41 bits per heavy atom. The zero-order valence-electron chi connectivity index (χ0n) is 11.6. The van der Waals surface area contributed by atoms with E-state index in [4.69, 9.17) is 17.5 Å². The first-order valence-corrected chi connectivity index (χ1v) is 6.53. The Balaban J connectivity index is 2.60. The first kappa shape index (κ1) is 16.1. The molecule has 1 aliphatic heterocycles. The van der Waals surface area contributed by atoms with Gasteiger partial charge >= 0.3 is 6.18 Å². The predicted molar refractivity (Wildman–Crippen MR) is 78.8 cm³/mol. The van der Waals surface area contributed by atoms with E-state index < -0.39 is 22.8 Å². The van der Waals surface area contributed by atoms with E-state index in [0.717, 1.165) is 12.1 Å². The van der Waals surface area contributed by atoms with Crippen molar-refractivity contribution in [3.63, 3.8) is 0 Å². The number of hydrogen-bond donors (Lipinski definition) is 0. The molecule has 0 saturated heterocycles. The molecule has 0 radical (unpaired) electrons. The molecule has 0 atom stereocenters. The Bertz CT molecular complexity index is 732. The molecule has 0 saturated carbocycles. The first-order chi connectivity index (χ1) is 10.1. The number of aldehydes is 1. The summed E-state index contributed by atoms with van der Waals surface area (Å²) in [5.74, 6) is -0.0622. The molecule has 114 valence electrons. The van der Waals surface area contributed by atoms with Gasteiger partial charge in [0, 0.05) is 5.69 Å². The van der Waals surface area contributed by atoms with Crippen molar-refractivity contribution in [3.05, 3.63) is 29.3 Å². The number of rotatable bonds is 2. The lowest BCUT2D eigenvalue weighted by Gasteiger charge is -2.23. The predicted octanol–water partition coefficient (Wildman–Crippen LogP) is 3.10. The summed E-state index contributed by atoms with van der Waals surface area (Å²) in [4.78, 5) is 16.6. The van der Waals surface area contributed by atoms with Crippen molar-refractivity contribution in [2.24, 2.45) is 4.99 Å². The van der Waals surface area contributed by atoms with Crippen molar-refractivity contribution in [1.29, 1.82) is 5.26 Å². The van der Waals surface area contributed by atoms with E-state index in [0.29, 0.717) is 6.29 Å². The Kier molecular flexibility index (Phi) is 3.79. The van der Waals surface area contributed by atoms with Gasteiger partial charge in [0.15, 0.2) is 12.1 Å². The third kappa shape index (κ3) is 2.60. The molecule has 1 heterocycles. The fraction of sp³-hybridized carbons (Fsp3) is 0.286. The summed E-state index contributed by atoms with van der Waals surface area (Å²) in [5.41, 5.74) is -2.39. The highest BCUT2D eigenvalue weighted by Gasteiger charge is 2.40. The number of benzene rings is 1. The maximum absolute atomic E-state index is 13.0. The van der Waals surface area contributed by atoms with Crippen LogP contribution in [0, 0.1) is 11.3 Å². The summed E-state index contributed by atoms with van der Waals surface area (Å²) in [6.07, 6.45) is -4.25. The van der Waals surface area contributed by atoms with Crippen molar-refractivity contribution >= 4 is 35.0 Å². The van der Waals surface area contributed by atoms with E-state index >= 15 is 0 Å². The maximum atomic E-state index is 13.0.